The molecule has 6 nitrogen and oxygen atoms in total. The monoisotopic (exact) mass is 320 g/mol. The van der Waals surface area contributed by atoms with E-state index in [1.807, 2.05) is 30.3 Å². The third kappa shape index (κ3) is 4.04. The zero-order chi connectivity index (χ0) is 16.8. The van der Waals surface area contributed by atoms with Gasteiger partial charge in [0.15, 0.2) is 5.82 Å². The van der Waals surface area contributed by atoms with Gasteiger partial charge in [0.05, 0.1) is 6.20 Å². The summed E-state index contributed by atoms with van der Waals surface area (Å²) in [6.45, 7) is 4.93. The lowest BCUT2D eigenvalue weighted by molar-refractivity contribution is 0.868. The molecule has 0 spiro atoms. The Morgan fingerprint density at radius 3 is 2.71 bits per heavy atom. The number of para-hydroxylation sites is 1. The summed E-state index contributed by atoms with van der Waals surface area (Å²) in [4.78, 5) is 8.56. The topological polar surface area (TPSA) is 75.6 Å². The van der Waals surface area contributed by atoms with Crippen LogP contribution in [0, 0.1) is 0 Å². The molecule has 0 atom stereocenters. The molecule has 2 aromatic heterocycles. The normalized spacial score (nSPS) is 10.6. The fourth-order valence-electron chi connectivity index (χ4n) is 2.37. The van der Waals surface area contributed by atoms with Crippen LogP contribution < -0.4 is 10.6 Å². The number of benzene rings is 1. The van der Waals surface area contributed by atoms with Crippen LogP contribution in [-0.2, 0) is 6.54 Å². The number of hydrogen-bond acceptors (Lipinski definition) is 6. The molecule has 3 aromatic rings. The molecule has 6 heteroatoms. The van der Waals surface area contributed by atoms with Crippen molar-refractivity contribution in [3.8, 4) is 0 Å². The summed E-state index contributed by atoms with van der Waals surface area (Å²) in [6.07, 6.45) is 5.17. The van der Waals surface area contributed by atoms with Gasteiger partial charge in [-0.2, -0.15) is 10.1 Å². The summed E-state index contributed by atoms with van der Waals surface area (Å²) in [7, 11) is 0. The predicted molar refractivity (Wildman–Crippen MR) is 95.2 cm³/mol. The maximum Gasteiger partial charge on any atom is 0.244 e. The molecule has 0 aliphatic rings. The molecule has 0 unspecified atom stereocenters. The van der Waals surface area contributed by atoms with Crippen LogP contribution in [0.5, 0.6) is 0 Å². The van der Waals surface area contributed by atoms with Gasteiger partial charge in [-0.1, -0.05) is 38.1 Å². The number of anilines is 3. The summed E-state index contributed by atoms with van der Waals surface area (Å²) in [5.41, 5.74) is 3.33. The van der Waals surface area contributed by atoms with Gasteiger partial charge in [0.25, 0.3) is 0 Å². The van der Waals surface area contributed by atoms with E-state index in [4.69, 9.17) is 0 Å². The Hall–Kier alpha value is -3.02. The van der Waals surface area contributed by atoms with E-state index in [-0.39, 0.29) is 0 Å². The highest BCUT2D eigenvalue weighted by Crippen LogP contribution is 2.26. The van der Waals surface area contributed by atoms with Gasteiger partial charge in [0.1, 0.15) is 0 Å². The lowest BCUT2D eigenvalue weighted by atomic mass is 10.0. The first-order valence-corrected chi connectivity index (χ1v) is 7.91. The van der Waals surface area contributed by atoms with Gasteiger partial charge >= 0.3 is 0 Å². The molecule has 0 amide bonds. The minimum absolute atomic E-state index is 0.423. The van der Waals surface area contributed by atoms with E-state index < -0.39 is 0 Å². The van der Waals surface area contributed by atoms with Crippen molar-refractivity contribution in [2.24, 2.45) is 0 Å². The summed E-state index contributed by atoms with van der Waals surface area (Å²) in [5.74, 6) is 1.56. The minimum atomic E-state index is 0.423. The van der Waals surface area contributed by atoms with Crippen molar-refractivity contribution in [3.05, 3.63) is 66.1 Å². The van der Waals surface area contributed by atoms with Crippen LogP contribution >= 0.6 is 0 Å². The SMILES string of the molecule is CC(C)c1ccccc1Nc1cnnc(NCc2cccnc2)n1. The molecule has 0 aliphatic heterocycles. The van der Waals surface area contributed by atoms with E-state index >= 15 is 0 Å². The van der Waals surface area contributed by atoms with E-state index in [1.165, 1.54) is 5.56 Å². The highest BCUT2D eigenvalue weighted by atomic mass is 15.3. The second kappa shape index (κ2) is 7.50. The molecule has 0 saturated carbocycles. The second-order valence-electron chi connectivity index (χ2n) is 5.75. The molecule has 2 N–H and O–H groups in total. The number of aromatic nitrogens is 4. The maximum absolute atomic E-state index is 4.47. The van der Waals surface area contributed by atoms with Crippen LogP contribution in [0.2, 0.25) is 0 Å². The van der Waals surface area contributed by atoms with Crippen molar-refractivity contribution in [2.75, 3.05) is 10.6 Å². The van der Waals surface area contributed by atoms with E-state index in [0.717, 1.165) is 11.3 Å². The Kier molecular flexibility index (Phi) is 4.96. The molecular weight excluding hydrogens is 300 g/mol. The van der Waals surface area contributed by atoms with Gasteiger partial charge in [0, 0.05) is 24.6 Å². The number of rotatable bonds is 6. The third-order valence-electron chi connectivity index (χ3n) is 3.58. The van der Waals surface area contributed by atoms with Crippen molar-refractivity contribution in [2.45, 2.75) is 26.3 Å². The first-order chi connectivity index (χ1) is 11.7. The van der Waals surface area contributed by atoms with Crippen LogP contribution in [0.25, 0.3) is 0 Å². The van der Waals surface area contributed by atoms with Crippen LogP contribution in [0.15, 0.2) is 55.0 Å². The zero-order valence-electron chi connectivity index (χ0n) is 13.8. The number of nitrogens with zero attached hydrogens (tertiary/aromatic N) is 4. The van der Waals surface area contributed by atoms with Crippen LogP contribution in [0.1, 0.15) is 30.9 Å². The Morgan fingerprint density at radius 2 is 1.92 bits per heavy atom. The van der Waals surface area contributed by atoms with Crippen molar-refractivity contribution >= 4 is 17.5 Å². The molecule has 2 heterocycles. The Balaban J connectivity index is 1.72. The number of nitrogens with one attached hydrogen (secondary N) is 2. The highest BCUT2D eigenvalue weighted by molar-refractivity contribution is 5.61. The summed E-state index contributed by atoms with van der Waals surface area (Å²) in [5, 5.41) is 14.5. The smallest absolute Gasteiger partial charge is 0.244 e. The molecule has 3 rings (SSSR count). The predicted octanol–water partition coefficient (Wildman–Crippen LogP) is 3.75. The van der Waals surface area contributed by atoms with Crippen LogP contribution in [0.4, 0.5) is 17.5 Å². The maximum atomic E-state index is 4.47. The number of pyridine rings is 1. The number of hydrogen-bond donors (Lipinski definition) is 2. The largest absolute Gasteiger partial charge is 0.349 e. The van der Waals surface area contributed by atoms with Gasteiger partial charge in [-0.05, 0) is 29.2 Å². The van der Waals surface area contributed by atoms with Crippen molar-refractivity contribution in [3.63, 3.8) is 0 Å². The Labute approximate surface area is 141 Å². The fraction of sp³-hybridized carbons (Fsp3) is 0.222. The van der Waals surface area contributed by atoms with Crippen molar-refractivity contribution in [1.82, 2.24) is 20.2 Å². The average molecular weight is 320 g/mol. The van der Waals surface area contributed by atoms with E-state index in [1.54, 1.807) is 18.6 Å². The lowest BCUT2D eigenvalue weighted by Crippen LogP contribution is -2.07. The third-order valence-corrected chi connectivity index (χ3v) is 3.58. The summed E-state index contributed by atoms with van der Waals surface area (Å²) < 4.78 is 0. The molecule has 0 fully saturated rings. The van der Waals surface area contributed by atoms with Crippen molar-refractivity contribution in [1.29, 1.82) is 0 Å². The fourth-order valence-corrected chi connectivity index (χ4v) is 2.37. The van der Waals surface area contributed by atoms with E-state index in [2.05, 4.69) is 50.7 Å². The zero-order valence-corrected chi connectivity index (χ0v) is 13.8. The van der Waals surface area contributed by atoms with Gasteiger partial charge in [-0.25, -0.2) is 0 Å². The first-order valence-electron chi connectivity index (χ1n) is 7.91. The van der Waals surface area contributed by atoms with Gasteiger partial charge in [-0.3, -0.25) is 4.98 Å². The Bertz CT molecular complexity index is 788. The van der Waals surface area contributed by atoms with Crippen molar-refractivity contribution < 1.29 is 0 Å². The molecule has 0 radical (unpaired) electrons. The molecule has 0 bridgehead atoms. The summed E-state index contributed by atoms with van der Waals surface area (Å²) in [6, 6.07) is 12.1. The average Bonchev–Trinajstić information content (AvgIpc) is 2.61. The summed E-state index contributed by atoms with van der Waals surface area (Å²) >= 11 is 0. The van der Waals surface area contributed by atoms with Crippen LogP contribution in [-0.4, -0.2) is 20.2 Å². The second-order valence-corrected chi connectivity index (χ2v) is 5.75. The molecule has 0 aliphatic carbocycles. The molecule has 122 valence electrons. The van der Waals surface area contributed by atoms with E-state index in [0.29, 0.717) is 24.2 Å². The standard InChI is InChI=1S/C18H20N6/c1-13(2)15-7-3-4-8-16(15)22-17-12-21-24-18(23-17)20-11-14-6-5-9-19-10-14/h3-10,12-13H,11H2,1-2H3,(H2,20,22,23,24). The quantitative estimate of drug-likeness (QED) is 0.720. The van der Waals surface area contributed by atoms with Crippen LogP contribution in [0.3, 0.4) is 0 Å². The van der Waals surface area contributed by atoms with E-state index in [9.17, 15) is 0 Å². The highest BCUT2D eigenvalue weighted by Gasteiger charge is 2.07. The Morgan fingerprint density at radius 1 is 1.04 bits per heavy atom. The minimum Gasteiger partial charge on any atom is -0.349 e. The molecule has 1 aromatic carbocycles. The lowest BCUT2D eigenvalue weighted by Gasteiger charge is -2.14. The molecule has 24 heavy (non-hydrogen) atoms. The van der Waals surface area contributed by atoms with Gasteiger partial charge < -0.3 is 10.6 Å². The van der Waals surface area contributed by atoms with Gasteiger partial charge in [0.2, 0.25) is 5.95 Å². The first kappa shape index (κ1) is 15.9. The van der Waals surface area contributed by atoms with Gasteiger partial charge in [-0.15, -0.1) is 5.10 Å². The molecular formula is C18H20N6. The molecule has 0 saturated heterocycles.